The number of pyridine rings is 1. The maximum absolute atomic E-state index is 12.3. The highest BCUT2D eigenvalue weighted by Gasteiger charge is 2.13. The highest BCUT2D eigenvalue weighted by atomic mass is 16.1. The summed E-state index contributed by atoms with van der Waals surface area (Å²) in [6.45, 7) is 4.17. The van der Waals surface area contributed by atoms with Gasteiger partial charge in [-0.25, -0.2) is 19.2 Å². The van der Waals surface area contributed by atoms with Crippen molar-refractivity contribution in [3.8, 4) is 5.82 Å². The van der Waals surface area contributed by atoms with Gasteiger partial charge in [0.25, 0.3) is 5.78 Å². The minimum absolute atomic E-state index is 0.0826. The van der Waals surface area contributed by atoms with Crippen molar-refractivity contribution in [1.29, 1.82) is 0 Å². The van der Waals surface area contributed by atoms with E-state index < -0.39 is 0 Å². The quantitative estimate of drug-likeness (QED) is 0.572. The largest absolute Gasteiger partial charge is 0.351 e. The minimum atomic E-state index is -0.171. The van der Waals surface area contributed by atoms with Crippen LogP contribution in [0, 0.1) is 13.8 Å². The molecule has 0 radical (unpaired) electrons. The van der Waals surface area contributed by atoms with E-state index in [2.05, 4.69) is 30.5 Å². The lowest BCUT2D eigenvalue weighted by Crippen LogP contribution is -2.26. The van der Waals surface area contributed by atoms with Crippen molar-refractivity contribution in [3.63, 3.8) is 0 Å². The fourth-order valence-electron chi connectivity index (χ4n) is 2.85. The van der Waals surface area contributed by atoms with E-state index in [9.17, 15) is 4.79 Å². The highest BCUT2D eigenvalue weighted by Crippen LogP contribution is 2.10. The Morgan fingerprint density at radius 2 is 2.07 bits per heavy atom. The van der Waals surface area contributed by atoms with E-state index in [1.807, 2.05) is 44.3 Å². The molecule has 0 aromatic carbocycles. The Labute approximate surface area is 155 Å². The molecule has 4 aromatic heterocycles. The molecule has 0 spiro atoms. The van der Waals surface area contributed by atoms with Crippen LogP contribution in [0.1, 0.15) is 22.8 Å². The van der Waals surface area contributed by atoms with E-state index in [4.69, 9.17) is 0 Å². The van der Waals surface area contributed by atoms with Gasteiger partial charge in [-0.15, -0.1) is 5.10 Å². The molecule has 9 heteroatoms. The number of rotatable bonds is 5. The van der Waals surface area contributed by atoms with Crippen molar-refractivity contribution in [1.82, 2.24) is 39.7 Å². The number of carbonyl (C=O) groups excluding carboxylic acids is 1. The van der Waals surface area contributed by atoms with Crippen molar-refractivity contribution in [3.05, 3.63) is 65.6 Å². The first kappa shape index (κ1) is 16.8. The Hall–Kier alpha value is -3.62. The summed E-state index contributed by atoms with van der Waals surface area (Å²) in [5, 5.41) is 11.4. The van der Waals surface area contributed by atoms with Gasteiger partial charge in [-0.2, -0.15) is 10.1 Å². The number of nitrogens with one attached hydrogen (secondary N) is 1. The first-order chi connectivity index (χ1) is 13.1. The zero-order valence-corrected chi connectivity index (χ0v) is 15.0. The normalized spacial score (nSPS) is 11.0. The van der Waals surface area contributed by atoms with Gasteiger partial charge in [-0.1, -0.05) is 6.07 Å². The monoisotopic (exact) mass is 362 g/mol. The molecule has 1 amide bonds. The average molecular weight is 362 g/mol. The molecule has 4 rings (SSSR count). The second kappa shape index (κ2) is 6.94. The Morgan fingerprint density at radius 1 is 1.19 bits per heavy atom. The Bertz CT molecular complexity index is 1100. The highest BCUT2D eigenvalue weighted by molar-refractivity contribution is 5.77. The molecule has 0 bridgehead atoms. The van der Waals surface area contributed by atoms with Crippen LogP contribution in [0.15, 0.2) is 42.9 Å². The molecular formula is C18H18N8O. The van der Waals surface area contributed by atoms with E-state index in [1.54, 1.807) is 21.6 Å². The van der Waals surface area contributed by atoms with Crippen LogP contribution in [0.5, 0.6) is 0 Å². The van der Waals surface area contributed by atoms with Crippen LogP contribution < -0.4 is 5.32 Å². The number of hydrogen-bond acceptors (Lipinski definition) is 6. The third-order valence-electron chi connectivity index (χ3n) is 4.05. The number of aryl methyl sites for hydroxylation is 2. The summed E-state index contributed by atoms with van der Waals surface area (Å²) in [5.74, 6) is 1.45. The van der Waals surface area contributed by atoms with Crippen LogP contribution >= 0.6 is 0 Å². The second-order valence-electron chi connectivity index (χ2n) is 6.17. The molecule has 0 saturated carbocycles. The summed E-state index contributed by atoms with van der Waals surface area (Å²) >= 11 is 0. The van der Waals surface area contributed by atoms with E-state index in [0.29, 0.717) is 24.0 Å². The van der Waals surface area contributed by atoms with Gasteiger partial charge in [0.1, 0.15) is 0 Å². The van der Waals surface area contributed by atoms with Gasteiger partial charge in [-0.3, -0.25) is 4.79 Å². The molecular weight excluding hydrogens is 344 g/mol. The predicted molar refractivity (Wildman–Crippen MR) is 97.2 cm³/mol. The van der Waals surface area contributed by atoms with Gasteiger partial charge in [0, 0.05) is 42.1 Å². The number of aromatic nitrogens is 7. The van der Waals surface area contributed by atoms with E-state index in [0.717, 1.165) is 17.0 Å². The van der Waals surface area contributed by atoms with Gasteiger partial charge in [0.15, 0.2) is 11.6 Å². The van der Waals surface area contributed by atoms with Gasteiger partial charge in [0.2, 0.25) is 5.91 Å². The third-order valence-corrected chi connectivity index (χ3v) is 4.05. The van der Waals surface area contributed by atoms with Crippen LogP contribution in [-0.4, -0.2) is 40.3 Å². The van der Waals surface area contributed by atoms with Crippen molar-refractivity contribution in [2.45, 2.75) is 26.8 Å². The van der Waals surface area contributed by atoms with Gasteiger partial charge in [0.05, 0.1) is 6.42 Å². The molecule has 1 N–H and O–H groups in total. The number of hydrogen-bond donors (Lipinski definition) is 1. The summed E-state index contributed by atoms with van der Waals surface area (Å²) < 4.78 is 3.31. The molecule has 0 saturated heterocycles. The zero-order chi connectivity index (χ0) is 18.8. The summed E-state index contributed by atoms with van der Waals surface area (Å²) in [6, 6.07) is 7.48. The summed E-state index contributed by atoms with van der Waals surface area (Å²) in [6.07, 6.45) is 5.27. The smallest absolute Gasteiger partial charge is 0.252 e. The molecule has 9 nitrogen and oxygen atoms in total. The molecule has 0 unspecified atom stereocenters. The third kappa shape index (κ3) is 3.52. The first-order valence-corrected chi connectivity index (χ1v) is 8.50. The van der Waals surface area contributed by atoms with Crippen LogP contribution in [-0.2, 0) is 17.8 Å². The number of fused-ring (bicyclic) bond motifs is 1. The molecule has 0 atom stereocenters. The lowest BCUT2D eigenvalue weighted by molar-refractivity contribution is -0.120. The van der Waals surface area contributed by atoms with Crippen molar-refractivity contribution in [2.24, 2.45) is 0 Å². The number of amides is 1. The van der Waals surface area contributed by atoms with Crippen LogP contribution in [0.25, 0.3) is 11.6 Å². The fourth-order valence-corrected chi connectivity index (χ4v) is 2.85. The second-order valence-corrected chi connectivity index (χ2v) is 6.17. The standard InChI is InChI=1S/C18H18N8O/c1-12-9-13(2)26-18(22-12)23-15(24-26)10-16(27)20-11-14-5-3-6-19-17(14)25-8-4-7-21-25/h3-9H,10-11H2,1-2H3,(H,20,27). The summed E-state index contributed by atoms with van der Waals surface area (Å²) in [4.78, 5) is 25.4. The molecule has 0 aliphatic carbocycles. The topological polar surface area (TPSA) is 103 Å². The average Bonchev–Trinajstić information content (AvgIpc) is 3.30. The van der Waals surface area contributed by atoms with Gasteiger partial charge >= 0.3 is 0 Å². The Balaban J connectivity index is 1.46. The Morgan fingerprint density at radius 3 is 2.89 bits per heavy atom. The molecule has 4 heterocycles. The van der Waals surface area contributed by atoms with Gasteiger partial charge < -0.3 is 5.32 Å². The molecule has 27 heavy (non-hydrogen) atoms. The fraction of sp³-hybridized carbons (Fsp3) is 0.222. The predicted octanol–water partition coefficient (Wildman–Crippen LogP) is 1.18. The maximum atomic E-state index is 12.3. The maximum Gasteiger partial charge on any atom is 0.252 e. The van der Waals surface area contributed by atoms with Crippen molar-refractivity contribution >= 4 is 11.7 Å². The van der Waals surface area contributed by atoms with E-state index >= 15 is 0 Å². The molecule has 0 aliphatic rings. The van der Waals surface area contributed by atoms with Crippen molar-refractivity contribution < 1.29 is 4.79 Å². The first-order valence-electron chi connectivity index (χ1n) is 8.50. The number of nitrogens with zero attached hydrogens (tertiary/aromatic N) is 7. The Kier molecular flexibility index (Phi) is 4.33. The SMILES string of the molecule is Cc1cc(C)n2nc(CC(=O)NCc3cccnc3-n3cccn3)nc2n1. The lowest BCUT2D eigenvalue weighted by atomic mass is 10.2. The molecule has 4 aromatic rings. The summed E-state index contributed by atoms with van der Waals surface area (Å²) in [5.41, 5.74) is 2.66. The van der Waals surface area contributed by atoms with E-state index in [1.165, 1.54) is 0 Å². The van der Waals surface area contributed by atoms with Crippen LogP contribution in [0.4, 0.5) is 0 Å². The minimum Gasteiger partial charge on any atom is -0.351 e. The molecule has 0 fully saturated rings. The van der Waals surface area contributed by atoms with Crippen LogP contribution in [0.3, 0.4) is 0 Å². The number of carbonyl (C=O) groups is 1. The lowest BCUT2D eigenvalue weighted by Gasteiger charge is -2.09. The van der Waals surface area contributed by atoms with E-state index in [-0.39, 0.29) is 12.3 Å². The molecule has 0 aliphatic heterocycles. The van der Waals surface area contributed by atoms with Crippen molar-refractivity contribution in [2.75, 3.05) is 0 Å². The molecule has 136 valence electrons. The zero-order valence-electron chi connectivity index (χ0n) is 15.0. The summed E-state index contributed by atoms with van der Waals surface area (Å²) in [7, 11) is 0. The van der Waals surface area contributed by atoms with Crippen LogP contribution in [0.2, 0.25) is 0 Å². The van der Waals surface area contributed by atoms with Gasteiger partial charge in [-0.05, 0) is 32.0 Å².